The molecular weight excluding hydrogens is 356 g/mol. The third kappa shape index (κ3) is 5.59. The summed E-state index contributed by atoms with van der Waals surface area (Å²) < 4.78 is 17.0. The smallest absolute Gasteiger partial charge is 0.287 e. The van der Waals surface area contributed by atoms with Crippen molar-refractivity contribution in [2.45, 2.75) is 33.3 Å². The monoisotopic (exact) mass is 386 g/mol. The van der Waals surface area contributed by atoms with Crippen molar-refractivity contribution in [2.24, 2.45) is 0 Å². The van der Waals surface area contributed by atoms with E-state index in [0.717, 1.165) is 44.2 Å². The summed E-state index contributed by atoms with van der Waals surface area (Å²) >= 11 is 0. The molecule has 6 nitrogen and oxygen atoms in total. The molecule has 1 aliphatic rings. The van der Waals surface area contributed by atoms with Crippen LogP contribution in [-0.4, -0.2) is 50.2 Å². The zero-order chi connectivity index (χ0) is 19.9. The number of ether oxygens (including phenoxy) is 2. The van der Waals surface area contributed by atoms with Crippen LogP contribution < -0.4 is 10.1 Å². The SMILES string of the molecule is Cc1ccc(C(C)C)c(OCc2ccc(C(=O)NCCN3CCOCC3)o2)c1. The normalized spacial score (nSPS) is 15.0. The highest BCUT2D eigenvalue weighted by atomic mass is 16.5. The molecule has 2 heterocycles. The van der Waals surface area contributed by atoms with Crippen molar-refractivity contribution in [2.75, 3.05) is 39.4 Å². The van der Waals surface area contributed by atoms with Gasteiger partial charge in [0.2, 0.25) is 0 Å². The maximum absolute atomic E-state index is 12.3. The predicted molar refractivity (Wildman–Crippen MR) is 108 cm³/mol. The average molecular weight is 386 g/mol. The van der Waals surface area contributed by atoms with Gasteiger partial charge in [-0.25, -0.2) is 0 Å². The van der Waals surface area contributed by atoms with Gasteiger partial charge in [0.05, 0.1) is 13.2 Å². The predicted octanol–water partition coefficient (Wildman–Crippen LogP) is 3.35. The summed E-state index contributed by atoms with van der Waals surface area (Å²) in [6, 6.07) is 9.72. The fourth-order valence-electron chi connectivity index (χ4n) is 3.21. The Kier molecular flexibility index (Phi) is 7.12. The lowest BCUT2D eigenvalue weighted by Gasteiger charge is -2.26. The van der Waals surface area contributed by atoms with E-state index in [0.29, 0.717) is 30.6 Å². The summed E-state index contributed by atoms with van der Waals surface area (Å²) in [5.41, 5.74) is 2.32. The van der Waals surface area contributed by atoms with Gasteiger partial charge >= 0.3 is 0 Å². The molecule has 0 aliphatic carbocycles. The van der Waals surface area contributed by atoms with Crippen LogP contribution in [0.5, 0.6) is 5.75 Å². The number of nitrogens with one attached hydrogen (secondary N) is 1. The molecule has 1 aromatic heterocycles. The van der Waals surface area contributed by atoms with E-state index in [4.69, 9.17) is 13.9 Å². The number of rotatable bonds is 8. The number of amides is 1. The highest BCUT2D eigenvalue weighted by molar-refractivity contribution is 5.91. The molecule has 1 aromatic carbocycles. The lowest BCUT2D eigenvalue weighted by molar-refractivity contribution is 0.0382. The highest BCUT2D eigenvalue weighted by Gasteiger charge is 2.14. The number of nitrogens with zero attached hydrogens (tertiary/aromatic N) is 1. The number of furan rings is 1. The second-order valence-corrected chi connectivity index (χ2v) is 7.46. The van der Waals surface area contributed by atoms with Crippen molar-refractivity contribution < 1.29 is 18.7 Å². The fraction of sp³-hybridized carbons (Fsp3) is 0.500. The summed E-state index contributed by atoms with van der Waals surface area (Å²) in [6.07, 6.45) is 0. The van der Waals surface area contributed by atoms with Gasteiger partial charge in [-0.05, 0) is 42.2 Å². The van der Waals surface area contributed by atoms with Crippen LogP contribution in [0.1, 0.15) is 47.2 Å². The number of morpholine rings is 1. The van der Waals surface area contributed by atoms with Gasteiger partial charge in [0, 0.05) is 26.2 Å². The first-order valence-corrected chi connectivity index (χ1v) is 9.93. The van der Waals surface area contributed by atoms with E-state index in [1.807, 2.05) is 13.0 Å². The van der Waals surface area contributed by atoms with E-state index in [-0.39, 0.29) is 5.91 Å². The Bertz CT molecular complexity index is 779. The lowest BCUT2D eigenvalue weighted by atomic mass is 10.0. The lowest BCUT2D eigenvalue weighted by Crippen LogP contribution is -2.41. The van der Waals surface area contributed by atoms with Crippen LogP contribution in [-0.2, 0) is 11.3 Å². The van der Waals surface area contributed by atoms with Crippen LogP contribution in [0, 0.1) is 6.92 Å². The Morgan fingerprint density at radius 1 is 1.21 bits per heavy atom. The van der Waals surface area contributed by atoms with Gasteiger partial charge in [0.15, 0.2) is 5.76 Å². The van der Waals surface area contributed by atoms with Crippen LogP contribution in [0.4, 0.5) is 0 Å². The molecule has 2 aromatic rings. The Morgan fingerprint density at radius 2 is 2.00 bits per heavy atom. The van der Waals surface area contributed by atoms with Crippen molar-refractivity contribution in [3.63, 3.8) is 0 Å². The third-order valence-corrected chi connectivity index (χ3v) is 4.86. The van der Waals surface area contributed by atoms with E-state index < -0.39 is 0 Å². The van der Waals surface area contributed by atoms with Gasteiger partial charge in [-0.1, -0.05) is 26.0 Å². The molecule has 1 amide bonds. The molecule has 0 radical (unpaired) electrons. The minimum Gasteiger partial charge on any atom is -0.485 e. The topological polar surface area (TPSA) is 63.9 Å². The Morgan fingerprint density at radius 3 is 2.75 bits per heavy atom. The molecule has 3 rings (SSSR count). The molecule has 6 heteroatoms. The summed E-state index contributed by atoms with van der Waals surface area (Å²) in [5.74, 6) is 1.99. The van der Waals surface area contributed by atoms with Crippen LogP contribution in [0.2, 0.25) is 0 Å². The first kappa shape index (κ1) is 20.4. The Balaban J connectivity index is 1.50. The standard InChI is InChI=1S/C22H30N2O4/c1-16(2)19-6-4-17(3)14-21(19)27-15-18-5-7-20(28-18)22(25)23-8-9-24-10-12-26-13-11-24/h4-7,14,16H,8-13,15H2,1-3H3,(H,23,25). The van der Waals surface area contributed by atoms with Gasteiger partial charge in [-0.3, -0.25) is 9.69 Å². The van der Waals surface area contributed by atoms with E-state index in [9.17, 15) is 4.79 Å². The number of hydrogen-bond acceptors (Lipinski definition) is 5. The quantitative estimate of drug-likeness (QED) is 0.754. The van der Waals surface area contributed by atoms with Gasteiger partial charge in [-0.2, -0.15) is 0 Å². The molecule has 1 saturated heterocycles. The maximum atomic E-state index is 12.3. The number of hydrogen-bond donors (Lipinski definition) is 1. The van der Waals surface area contributed by atoms with Crippen molar-refractivity contribution in [3.8, 4) is 5.75 Å². The second-order valence-electron chi connectivity index (χ2n) is 7.46. The minimum atomic E-state index is -0.196. The Labute approximate surface area is 166 Å². The van der Waals surface area contributed by atoms with Gasteiger partial charge in [0.1, 0.15) is 18.1 Å². The zero-order valence-electron chi connectivity index (χ0n) is 17.0. The van der Waals surface area contributed by atoms with Crippen LogP contribution >= 0.6 is 0 Å². The minimum absolute atomic E-state index is 0.196. The van der Waals surface area contributed by atoms with Gasteiger partial charge < -0.3 is 19.2 Å². The zero-order valence-corrected chi connectivity index (χ0v) is 17.0. The molecule has 0 spiro atoms. The van der Waals surface area contributed by atoms with Crippen molar-refractivity contribution in [1.82, 2.24) is 10.2 Å². The number of benzene rings is 1. The first-order valence-electron chi connectivity index (χ1n) is 9.93. The van der Waals surface area contributed by atoms with Crippen molar-refractivity contribution in [3.05, 3.63) is 53.0 Å². The maximum Gasteiger partial charge on any atom is 0.287 e. The molecule has 1 aliphatic heterocycles. The van der Waals surface area contributed by atoms with Crippen LogP contribution in [0.25, 0.3) is 0 Å². The number of carbonyl (C=O) groups excluding carboxylic acids is 1. The van der Waals surface area contributed by atoms with Crippen LogP contribution in [0.3, 0.4) is 0 Å². The van der Waals surface area contributed by atoms with Crippen LogP contribution in [0.15, 0.2) is 34.7 Å². The number of aryl methyl sites for hydroxylation is 1. The molecule has 0 saturated carbocycles. The van der Waals surface area contributed by atoms with E-state index in [1.54, 1.807) is 12.1 Å². The largest absolute Gasteiger partial charge is 0.485 e. The Hall–Kier alpha value is -2.31. The molecule has 28 heavy (non-hydrogen) atoms. The van der Waals surface area contributed by atoms with Crippen molar-refractivity contribution in [1.29, 1.82) is 0 Å². The average Bonchev–Trinajstić information content (AvgIpc) is 3.16. The van der Waals surface area contributed by atoms with Gasteiger partial charge in [-0.15, -0.1) is 0 Å². The molecule has 0 bridgehead atoms. The molecule has 0 atom stereocenters. The van der Waals surface area contributed by atoms with Gasteiger partial charge in [0.25, 0.3) is 5.91 Å². The fourth-order valence-corrected chi connectivity index (χ4v) is 3.21. The second kappa shape index (κ2) is 9.75. The molecule has 1 N–H and O–H groups in total. The van der Waals surface area contributed by atoms with E-state index in [1.165, 1.54) is 5.56 Å². The summed E-state index contributed by atoms with van der Waals surface area (Å²) in [5, 5.41) is 2.91. The summed E-state index contributed by atoms with van der Waals surface area (Å²) in [7, 11) is 0. The summed E-state index contributed by atoms with van der Waals surface area (Å²) in [4.78, 5) is 14.6. The molecule has 0 unspecified atom stereocenters. The third-order valence-electron chi connectivity index (χ3n) is 4.86. The number of carbonyl (C=O) groups is 1. The van der Waals surface area contributed by atoms with E-state index in [2.05, 4.69) is 36.2 Å². The first-order chi connectivity index (χ1) is 13.5. The highest BCUT2D eigenvalue weighted by Crippen LogP contribution is 2.28. The summed E-state index contributed by atoms with van der Waals surface area (Å²) in [6.45, 7) is 11.4. The molecule has 152 valence electrons. The molecular formula is C22H30N2O4. The van der Waals surface area contributed by atoms with E-state index >= 15 is 0 Å². The van der Waals surface area contributed by atoms with Crippen molar-refractivity contribution >= 4 is 5.91 Å². The molecule has 1 fully saturated rings.